The summed E-state index contributed by atoms with van der Waals surface area (Å²) < 4.78 is 5.11. The highest BCUT2D eigenvalue weighted by molar-refractivity contribution is 5.21. The third-order valence-corrected chi connectivity index (χ3v) is 2.38. The van der Waals surface area contributed by atoms with Gasteiger partial charge in [-0.15, -0.1) is 0 Å². The van der Waals surface area contributed by atoms with Crippen LogP contribution in [0.25, 0.3) is 0 Å². The molecule has 1 aromatic rings. The van der Waals surface area contributed by atoms with E-state index in [1.807, 2.05) is 0 Å². The minimum atomic E-state index is 0.433. The van der Waals surface area contributed by atoms with Crippen molar-refractivity contribution in [3.05, 3.63) is 35.4 Å². The van der Waals surface area contributed by atoms with Crippen LogP contribution in [0.1, 0.15) is 11.1 Å². The van der Waals surface area contributed by atoms with Crippen molar-refractivity contribution < 1.29 is 4.74 Å². The fourth-order valence-corrected chi connectivity index (χ4v) is 1.50. The van der Waals surface area contributed by atoms with Crippen LogP contribution in [0.15, 0.2) is 24.3 Å². The predicted octanol–water partition coefficient (Wildman–Crippen LogP) is 1.76. The van der Waals surface area contributed by atoms with Gasteiger partial charge in [-0.25, -0.2) is 0 Å². The maximum absolute atomic E-state index is 5.66. The van der Waals surface area contributed by atoms with Gasteiger partial charge in [0.2, 0.25) is 0 Å². The van der Waals surface area contributed by atoms with Crippen LogP contribution >= 0.6 is 0 Å². The lowest BCUT2D eigenvalue weighted by Gasteiger charge is -2.13. The van der Waals surface area contributed by atoms with Crippen molar-refractivity contribution in [3.63, 3.8) is 0 Å². The van der Waals surface area contributed by atoms with Crippen molar-refractivity contribution in [2.45, 2.75) is 13.3 Å². The smallest absolute Gasteiger partial charge is 0.0505 e. The molecule has 0 radical (unpaired) electrons. The van der Waals surface area contributed by atoms with Crippen LogP contribution in [0, 0.1) is 12.8 Å². The summed E-state index contributed by atoms with van der Waals surface area (Å²) in [6, 6.07) is 8.59. The van der Waals surface area contributed by atoms with E-state index in [1.54, 1.807) is 7.11 Å². The molecule has 0 fully saturated rings. The highest BCUT2D eigenvalue weighted by Crippen LogP contribution is 2.09. The first-order valence-electron chi connectivity index (χ1n) is 5.00. The van der Waals surface area contributed by atoms with Crippen LogP contribution in [0.2, 0.25) is 0 Å². The highest BCUT2D eigenvalue weighted by Gasteiger charge is 2.06. The molecule has 0 bridgehead atoms. The van der Waals surface area contributed by atoms with E-state index in [0.29, 0.717) is 12.5 Å². The molecule has 1 rings (SSSR count). The molecule has 1 unspecified atom stereocenters. The van der Waals surface area contributed by atoms with Gasteiger partial charge in [0.1, 0.15) is 0 Å². The largest absolute Gasteiger partial charge is 0.384 e. The topological polar surface area (TPSA) is 35.2 Å². The molecular formula is C12H19NO. The molecule has 0 heterocycles. The molecule has 1 aromatic carbocycles. The predicted molar refractivity (Wildman–Crippen MR) is 59.3 cm³/mol. The van der Waals surface area contributed by atoms with Gasteiger partial charge in [-0.2, -0.15) is 0 Å². The van der Waals surface area contributed by atoms with E-state index in [0.717, 1.165) is 13.0 Å². The Morgan fingerprint density at radius 3 is 2.43 bits per heavy atom. The van der Waals surface area contributed by atoms with Gasteiger partial charge in [0.15, 0.2) is 0 Å². The Balaban J connectivity index is 2.53. The summed E-state index contributed by atoms with van der Waals surface area (Å²) in [4.78, 5) is 0. The van der Waals surface area contributed by atoms with Gasteiger partial charge in [-0.3, -0.25) is 0 Å². The monoisotopic (exact) mass is 193 g/mol. The number of benzene rings is 1. The van der Waals surface area contributed by atoms with Crippen LogP contribution in [0.3, 0.4) is 0 Å². The lowest BCUT2D eigenvalue weighted by Crippen LogP contribution is -2.21. The number of rotatable bonds is 5. The first-order chi connectivity index (χ1) is 6.76. The van der Waals surface area contributed by atoms with E-state index in [4.69, 9.17) is 10.5 Å². The zero-order valence-corrected chi connectivity index (χ0v) is 8.99. The highest BCUT2D eigenvalue weighted by atomic mass is 16.5. The van der Waals surface area contributed by atoms with Gasteiger partial charge in [0.05, 0.1) is 6.61 Å². The van der Waals surface area contributed by atoms with Gasteiger partial charge in [0.25, 0.3) is 0 Å². The van der Waals surface area contributed by atoms with Crippen LogP contribution in [-0.2, 0) is 11.2 Å². The summed E-state index contributed by atoms with van der Waals surface area (Å²) in [7, 11) is 1.72. The molecular weight excluding hydrogens is 174 g/mol. The Hall–Kier alpha value is -0.860. The van der Waals surface area contributed by atoms with Crippen molar-refractivity contribution in [1.82, 2.24) is 0 Å². The molecule has 2 N–H and O–H groups in total. The fraction of sp³-hybridized carbons (Fsp3) is 0.500. The standard InChI is InChI=1S/C12H19NO/c1-10-3-5-11(6-4-10)7-12(8-13)9-14-2/h3-6,12H,7-9,13H2,1-2H3. The Morgan fingerprint density at radius 1 is 1.29 bits per heavy atom. The molecule has 0 aliphatic rings. The van der Waals surface area contributed by atoms with Crippen LogP contribution < -0.4 is 5.73 Å². The molecule has 0 saturated heterocycles. The lowest BCUT2D eigenvalue weighted by molar-refractivity contribution is 0.155. The second-order valence-corrected chi connectivity index (χ2v) is 3.75. The molecule has 78 valence electrons. The molecule has 0 amide bonds. The van der Waals surface area contributed by atoms with Crippen molar-refractivity contribution >= 4 is 0 Å². The third kappa shape index (κ3) is 3.48. The number of hydrogen-bond donors (Lipinski definition) is 1. The van der Waals surface area contributed by atoms with Crippen molar-refractivity contribution in [1.29, 1.82) is 0 Å². The van der Waals surface area contributed by atoms with Crippen molar-refractivity contribution in [2.75, 3.05) is 20.3 Å². The molecule has 0 spiro atoms. The average molecular weight is 193 g/mol. The SMILES string of the molecule is COCC(CN)Cc1ccc(C)cc1. The molecule has 0 aliphatic heterocycles. The second-order valence-electron chi connectivity index (χ2n) is 3.75. The molecule has 2 heteroatoms. The summed E-state index contributed by atoms with van der Waals surface area (Å²) in [6.45, 7) is 3.52. The van der Waals surface area contributed by atoms with Crippen LogP contribution in [0.5, 0.6) is 0 Å². The maximum Gasteiger partial charge on any atom is 0.0505 e. The van der Waals surface area contributed by atoms with Crippen LogP contribution in [0.4, 0.5) is 0 Å². The Morgan fingerprint density at radius 2 is 1.93 bits per heavy atom. The summed E-state index contributed by atoms with van der Waals surface area (Å²) in [5.74, 6) is 0.433. The van der Waals surface area contributed by atoms with Crippen molar-refractivity contribution in [2.24, 2.45) is 11.7 Å². The molecule has 0 aromatic heterocycles. The summed E-state index contributed by atoms with van der Waals surface area (Å²) in [6.07, 6.45) is 1.00. The number of ether oxygens (including phenoxy) is 1. The Kier molecular flexibility index (Phi) is 4.63. The molecule has 2 nitrogen and oxygen atoms in total. The van der Waals surface area contributed by atoms with Crippen LogP contribution in [-0.4, -0.2) is 20.3 Å². The molecule has 1 atom stereocenters. The van der Waals surface area contributed by atoms with Gasteiger partial charge in [-0.1, -0.05) is 29.8 Å². The first-order valence-corrected chi connectivity index (χ1v) is 5.00. The number of nitrogens with two attached hydrogens (primary N) is 1. The fourth-order valence-electron chi connectivity index (χ4n) is 1.50. The zero-order valence-electron chi connectivity index (χ0n) is 8.99. The first kappa shape index (κ1) is 11.2. The van der Waals surface area contributed by atoms with Gasteiger partial charge in [-0.05, 0) is 31.4 Å². The minimum absolute atomic E-state index is 0.433. The summed E-state index contributed by atoms with van der Waals surface area (Å²) >= 11 is 0. The Bertz CT molecular complexity index is 256. The van der Waals surface area contributed by atoms with Gasteiger partial charge < -0.3 is 10.5 Å². The van der Waals surface area contributed by atoms with Gasteiger partial charge >= 0.3 is 0 Å². The van der Waals surface area contributed by atoms with E-state index >= 15 is 0 Å². The number of hydrogen-bond acceptors (Lipinski definition) is 2. The third-order valence-electron chi connectivity index (χ3n) is 2.38. The normalized spacial score (nSPS) is 12.8. The zero-order chi connectivity index (χ0) is 10.4. The molecule has 14 heavy (non-hydrogen) atoms. The number of aryl methyl sites for hydroxylation is 1. The average Bonchev–Trinajstić information content (AvgIpc) is 2.20. The van der Waals surface area contributed by atoms with E-state index in [2.05, 4.69) is 31.2 Å². The van der Waals surface area contributed by atoms with Crippen molar-refractivity contribution in [3.8, 4) is 0 Å². The Labute approximate surface area is 86.1 Å². The molecule has 0 aliphatic carbocycles. The molecule has 0 saturated carbocycles. The van der Waals surface area contributed by atoms with E-state index < -0.39 is 0 Å². The second kappa shape index (κ2) is 5.78. The lowest BCUT2D eigenvalue weighted by atomic mass is 9.99. The maximum atomic E-state index is 5.66. The van der Waals surface area contributed by atoms with E-state index in [-0.39, 0.29) is 0 Å². The quantitative estimate of drug-likeness (QED) is 0.773. The van der Waals surface area contributed by atoms with Gasteiger partial charge in [0, 0.05) is 7.11 Å². The van der Waals surface area contributed by atoms with E-state index in [9.17, 15) is 0 Å². The number of methoxy groups -OCH3 is 1. The summed E-state index contributed by atoms with van der Waals surface area (Å²) in [5.41, 5.74) is 8.29. The van der Waals surface area contributed by atoms with E-state index in [1.165, 1.54) is 11.1 Å². The summed E-state index contributed by atoms with van der Waals surface area (Å²) in [5, 5.41) is 0. The minimum Gasteiger partial charge on any atom is -0.384 e.